The minimum Gasteiger partial charge on any atom is -0.490 e. The normalized spacial score (nSPS) is 15.1. The molecule has 2 aromatic rings. The average molecular weight is 426 g/mol. The van der Waals surface area contributed by atoms with Crippen LogP contribution in [0.25, 0.3) is 0 Å². The van der Waals surface area contributed by atoms with E-state index < -0.39 is 0 Å². The van der Waals surface area contributed by atoms with Gasteiger partial charge in [0.05, 0.1) is 17.1 Å². The standard InChI is InChI=1S/C18H18BrClN2O3/c1-24-17-16(19)10-12(11-21-17)18(23)22-8-6-15(7-9-22)25-14-4-2-13(20)3-5-14/h2-5,10-11,15H,6-9H2,1H3. The van der Waals surface area contributed by atoms with Gasteiger partial charge in [-0.3, -0.25) is 4.79 Å². The number of halogens is 2. The largest absolute Gasteiger partial charge is 0.490 e. The topological polar surface area (TPSA) is 51.7 Å². The second-order valence-corrected chi connectivity index (χ2v) is 7.07. The molecule has 1 saturated heterocycles. The van der Waals surface area contributed by atoms with Crippen molar-refractivity contribution in [2.75, 3.05) is 20.2 Å². The molecule has 25 heavy (non-hydrogen) atoms. The Morgan fingerprint density at radius 2 is 1.96 bits per heavy atom. The highest BCUT2D eigenvalue weighted by atomic mass is 79.9. The van der Waals surface area contributed by atoms with Crippen LogP contribution in [-0.4, -0.2) is 42.1 Å². The van der Waals surface area contributed by atoms with Crippen LogP contribution in [0, 0.1) is 0 Å². The van der Waals surface area contributed by atoms with E-state index >= 15 is 0 Å². The Morgan fingerprint density at radius 1 is 1.28 bits per heavy atom. The summed E-state index contributed by atoms with van der Waals surface area (Å²) in [4.78, 5) is 18.6. The molecule has 0 bridgehead atoms. The van der Waals surface area contributed by atoms with Gasteiger partial charge in [0.2, 0.25) is 5.88 Å². The first kappa shape index (κ1) is 18.0. The summed E-state index contributed by atoms with van der Waals surface area (Å²) >= 11 is 9.24. The molecule has 1 amide bonds. The zero-order chi connectivity index (χ0) is 17.8. The number of nitrogens with zero attached hydrogens (tertiary/aromatic N) is 2. The number of carbonyl (C=O) groups excluding carboxylic acids is 1. The van der Waals surface area contributed by atoms with Gasteiger partial charge in [-0.1, -0.05) is 11.6 Å². The van der Waals surface area contributed by atoms with Gasteiger partial charge in [0, 0.05) is 37.2 Å². The van der Waals surface area contributed by atoms with Gasteiger partial charge in [0.25, 0.3) is 5.91 Å². The van der Waals surface area contributed by atoms with Crippen molar-refractivity contribution in [3.63, 3.8) is 0 Å². The second-order valence-electron chi connectivity index (χ2n) is 5.78. The SMILES string of the molecule is COc1ncc(C(=O)N2CCC(Oc3ccc(Cl)cc3)CC2)cc1Br. The van der Waals surface area contributed by atoms with Crippen molar-refractivity contribution in [1.82, 2.24) is 9.88 Å². The van der Waals surface area contributed by atoms with Crippen molar-refractivity contribution in [2.45, 2.75) is 18.9 Å². The highest BCUT2D eigenvalue weighted by Crippen LogP contribution is 2.25. The van der Waals surface area contributed by atoms with Gasteiger partial charge in [-0.2, -0.15) is 0 Å². The summed E-state index contributed by atoms with van der Waals surface area (Å²) in [5.41, 5.74) is 0.546. The molecule has 0 saturated carbocycles. The van der Waals surface area contributed by atoms with Crippen molar-refractivity contribution in [3.05, 3.63) is 51.6 Å². The van der Waals surface area contributed by atoms with E-state index in [1.54, 1.807) is 19.4 Å². The summed E-state index contributed by atoms with van der Waals surface area (Å²) < 4.78 is 11.7. The number of carbonyl (C=O) groups is 1. The van der Waals surface area contributed by atoms with Crippen LogP contribution in [0.5, 0.6) is 11.6 Å². The maximum atomic E-state index is 12.6. The number of pyridine rings is 1. The molecule has 0 spiro atoms. The fourth-order valence-corrected chi connectivity index (χ4v) is 3.39. The maximum absolute atomic E-state index is 12.6. The first-order valence-corrected chi connectivity index (χ1v) is 9.15. The van der Waals surface area contributed by atoms with Gasteiger partial charge >= 0.3 is 0 Å². The highest BCUT2D eigenvalue weighted by molar-refractivity contribution is 9.10. The summed E-state index contributed by atoms with van der Waals surface area (Å²) in [5.74, 6) is 1.24. The van der Waals surface area contributed by atoms with Crippen LogP contribution < -0.4 is 9.47 Å². The summed E-state index contributed by atoms with van der Waals surface area (Å²) in [7, 11) is 1.54. The molecular weight excluding hydrogens is 408 g/mol. The number of benzene rings is 1. The number of likely N-dealkylation sites (tertiary alicyclic amines) is 1. The lowest BCUT2D eigenvalue weighted by atomic mass is 10.1. The van der Waals surface area contributed by atoms with E-state index in [4.69, 9.17) is 21.1 Å². The predicted molar refractivity (Wildman–Crippen MR) is 99.5 cm³/mol. The molecule has 0 unspecified atom stereocenters. The van der Waals surface area contributed by atoms with Crippen molar-refractivity contribution < 1.29 is 14.3 Å². The number of ether oxygens (including phenoxy) is 2. The van der Waals surface area contributed by atoms with Gasteiger partial charge in [-0.05, 0) is 46.3 Å². The van der Waals surface area contributed by atoms with E-state index in [9.17, 15) is 4.79 Å². The van der Waals surface area contributed by atoms with Gasteiger partial charge in [0.15, 0.2) is 0 Å². The van der Waals surface area contributed by atoms with Crippen molar-refractivity contribution >= 4 is 33.4 Å². The third kappa shape index (κ3) is 4.44. The number of amides is 1. The molecular formula is C18H18BrClN2O3. The monoisotopic (exact) mass is 424 g/mol. The molecule has 1 fully saturated rings. The quantitative estimate of drug-likeness (QED) is 0.737. The molecule has 1 aliphatic rings. The summed E-state index contributed by atoms with van der Waals surface area (Å²) in [6, 6.07) is 9.08. The third-order valence-corrected chi connectivity index (χ3v) is 4.91. The molecule has 3 rings (SSSR count). The molecule has 132 valence electrons. The Balaban J connectivity index is 1.57. The summed E-state index contributed by atoms with van der Waals surface area (Å²) in [6.45, 7) is 1.31. The van der Waals surface area contributed by atoms with E-state index in [2.05, 4.69) is 20.9 Å². The molecule has 2 heterocycles. The van der Waals surface area contributed by atoms with E-state index in [0.29, 0.717) is 34.0 Å². The van der Waals surface area contributed by atoms with E-state index in [-0.39, 0.29) is 12.0 Å². The lowest BCUT2D eigenvalue weighted by molar-refractivity contribution is 0.0595. The van der Waals surface area contributed by atoms with E-state index in [1.807, 2.05) is 29.2 Å². The molecule has 0 aliphatic carbocycles. The Kier molecular flexibility index (Phi) is 5.81. The average Bonchev–Trinajstić information content (AvgIpc) is 2.63. The number of rotatable bonds is 4. The van der Waals surface area contributed by atoms with Crippen LogP contribution in [-0.2, 0) is 0 Å². The summed E-state index contributed by atoms with van der Waals surface area (Å²) in [5, 5.41) is 0.687. The molecule has 0 radical (unpaired) electrons. The number of aromatic nitrogens is 1. The minimum atomic E-state index is -0.0270. The second kappa shape index (κ2) is 8.06. The van der Waals surface area contributed by atoms with E-state index in [0.717, 1.165) is 18.6 Å². The Hall–Kier alpha value is -1.79. The Morgan fingerprint density at radius 3 is 2.56 bits per heavy atom. The van der Waals surface area contributed by atoms with E-state index in [1.165, 1.54) is 0 Å². The third-order valence-electron chi connectivity index (χ3n) is 4.09. The first-order chi connectivity index (χ1) is 12.1. The van der Waals surface area contributed by atoms with Crippen LogP contribution in [0.4, 0.5) is 0 Å². The number of methoxy groups -OCH3 is 1. The fourth-order valence-electron chi connectivity index (χ4n) is 2.76. The van der Waals surface area contributed by atoms with Crippen molar-refractivity contribution in [2.24, 2.45) is 0 Å². The van der Waals surface area contributed by atoms with Crippen molar-refractivity contribution in [1.29, 1.82) is 0 Å². The lowest BCUT2D eigenvalue weighted by Crippen LogP contribution is -2.41. The number of piperidine rings is 1. The highest BCUT2D eigenvalue weighted by Gasteiger charge is 2.25. The van der Waals surface area contributed by atoms with Gasteiger partial charge in [-0.15, -0.1) is 0 Å². The Labute approximate surface area is 160 Å². The molecule has 5 nitrogen and oxygen atoms in total. The summed E-state index contributed by atoms with van der Waals surface area (Å²) in [6.07, 6.45) is 3.23. The fraction of sp³-hybridized carbons (Fsp3) is 0.333. The van der Waals surface area contributed by atoms with Crippen LogP contribution in [0.15, 0.2) is 41.0 Å². The molecule has 0 atom stereocenters. The van der Waals surface area contributed by atoms with Gasteiger partial charge in [0.1, 0.15) is 11.9 Å². The predicted octanol–water partition coefficient (Wildman–Crippen LogP) is 4.19. The molecule has 7 heteroatoms. The number of hydrogen-bond acceptors (Lipinski definition) is 4. The number of hydrogen-bond donors (Lipinski definition) is 0. The smallest absolute Gasteiger partial charge is 0.255 e. The zero-order valence-corrected chi connectivity index (χ0v) is 16.1. The van der Waals surface area contributed by atoms with Crippen LogP contribution in [0.1, 0.15) is 23.2 Å². The maximum Gasteiger partial charge on any atom is 0.255 e. The molecule has 1 aromatic carbocycles. The Bertz CT molecular complexity index is 746. The minimum absolute atomic E-state index is 0.0270. The van der Waals surface area contributed by atoms with Crippen molar-refractivity contribution in [3.8, 4) is 11.6 Å². The van der Waals surface area contributed by atoms with Crippen LogP contribution in [0.2, 0.25) is 5.02 Å². The van der Waals surface area contributed by atoms with Crippen LogP contribution >= 0.6 is 27.5 Å². The van der Waals surface area contributed by atoms with Crippen LogP contribution in [0.3, 0.4) is 0 Å². The lowest BCUT2D eigenvalue weighted by Gasteiger charge is -2.32. The zero-order valence-electron chi connectivity index (χ0n) is 13.7. The molecule has 0 N–H and O–H groups in total. The van der Waals surface area contributed by atoms with Gasteiger partial charge < -0.3 is 14.4 Å². The molecule has 1 aromatic heterocycles. The van der Waals surface area contributed by atoms with Gasteiger partial charge in [-0.25, -0.2) is 4.98 Å². The molecule has 1 aliphatic heterocycles. The first-order valence-electron chi connectivity index (χ1n) is 7.98.